The quantitative estimate of drug-likeness (QED) is 0.183. The van der Waals surface area contributed by atoms with Crippen molar-refractivity contribution in [2.24, 2.45) is 23.7 Å². The van der Waals surface area contributed by atoms with E-state index in [0.29, 0.717) is 5.75 Å². The van der Waals surface area contributed by atoms with Crippen LogP contribution in [0.1, 0.15) is 34.7 Å². The van der Waals surface area contributed by atoms with Gasteiger partial charge in [0.15, 0.2) is 6.61 Å². The van der Waals surface area contributed by atoms with Crippen molar-refractivity contribution < 1.29 is 33.6 Å². The first kappa shape index (κ1) is 27.1. The van der Waals surface area contributed by atoms with E-state index in [0.717, 1.165) is 12.8 Å². The third-order valence-corrected chi connectivity index (χ3v) is 8.59. The van der Waals surface area contributed by atoms with Crippen LogP contribution in [-0.4, -0.2) is 42.3 Å². The highest BCUT2D eigenvalue weighted by Gasteiger charge is 2.64. The fourth-order valence-electron chi connectivity index (χ4n) is 6.87. The molecule has 3 fully saturated rings. The van der Waals surface area contributed by atoms with E-state index in [1.807, 2.05) is 18.2 Å². The van der Waals surface area contributed by atoms with Gasteiger partial charge < -0.3 is 14.8 Å². The van der Waals surface area contributed by atoms with Crippen molar-refractivity contribution in [1.29, 1.82) is 0 Å². The number of imide groups is 1. The van der Waals surface area contributed by atoms with Gasteiger partial charge in [0.1, 0.15) is 11.4 Å². The minimum Gasteiger partial charge on any atom is -0.497 e. The Bertz CT molecular complexity index is 1610. The summed E-state index contributed by atoms with van der Waals surface area (Å²) in [6.07, 6.45) is 1.73. The lowest BCUT2D eigenvalue weighted by atomic mass is 9.73. The van der Waals surface area contributed by atoms with Crippen molar-refractivity contribution in [2.45, 2.75) is 18.8 Å². The first-order valence-electron chi connectivity index (χ1n) is 13.6. The largest absolute Gasteiger partial charge is 0.497 e. The second-order valence-electron chi connectivity index (χ2n) is 10.8. The van der Waals surface area contributed by atoms with Crippen molar-refractivity contribution in [2.75, 3.05) is 23.9 Å². The molecule has 3 amide bonds. The molecule has 1 aliphatic heterocycles. The topological polar surface area (TPSA) is 145 Å². The molecule has 2 aliphatic carbocycles. The predicted octanol–water partition coefficient (Wildman–Crippen LogP) is 4.33. The highest BCUT2D eigenvalue weighted by atomic mass is 16.6. The minimum atomic E-state index is -0.851. The van der Waals surface area contributed by atoms with Crippen LogP contribution in [0.15, 0.2) is 72.8 Å². The van der Waals surface area contributed by atoms with Gasteiger partial charge in [-0.2, -0.15) is 0 Å². The van der Waals surface area contributed by atoms with E-state index in [1.54, 1.807) is 12.1 Å². The van der Waals surface area contributed by atoms with E-state index in [-0.39, 0.29) is 64.0 Å². The predicted molar refractivity (Wildman–Crippen MR) is 150 cm³/mol. The zero-order chi connectivity index (χ0) is 29.5. The first-order valence-corrected chi connectivity index (χ1v) is 13.6. The number of nitro benzene ring substituents is 1. The molecule has 3 aromatic carbocycles. The molecule has 2 bridgehead atoms. The Labute approximate surface area is 240 Å². The molecular weight excluding hydrogens is 542 g/mol. The van der Waals surface area contributed by atoms with Gasteiger partial charge >= 0.3 is 5.97 Å². The van der Waals surface area contributed by atoms with Gasteiger partial charge in [-0.1, -0.05) is 36.4 Å². The van der Waals surface area contributed by atoms with Crippen LogP contribution in [0.3, 0.4) is 0 Å². The van der Waals surface area contributed by atoms with Crippen molar-refractivity contribution in [3.8, 4) is 5.75 Å². The van der Waals surface area contributed by atoms with Crippen molar-refractivity contribution in [3.63, 3.8) is 0 Å². The number of hydrogen-bond acceptors (Lipinski definition) is 8. The Hall–Kier alpha value is -5.06. The summed E-state index contributed by atoms with van der Waals surface area (Å²) >= 11 is 0. The lowest BCUT2D eigenvalue weighted by Gasteiger charge is -2.28. The van der Waals surface area contributed by atoms with Crippen LogP contribution in [-0.2, 0) is 19.1 Å². The van der Waals surface area contributed by atoms with Gasteiger partial charge in [-0.15, -0.1) is 0 Å². The Balaban J connectivity index is 1.13. The second-order valence-corrected chi connectivity index (χ2v) is 10.8. The smallest absolute Gasteiger partial charge is 0.338 e. The van der Waals surface area contributed by atoms with E-state index in [4.69, 9.17) is 9.47 Å². The highest BCUT2D eigenvalue weighted by molar-refractivity contribution is 6.23. The summed E-state index contributed by atoms with van der Waals surface area (Å²) < 4.78 is 10.2. The first-order chi connectivity index (χ1) is 20.3. The Morgan fingerprint density at radius 2 is 1.74 bits per heavy atom. The fourth-order valence-corrected chi connectivity index (χ4v) is 6.87. The third kappa shape index (κ3) is 4.66. The minimum absolute atomic E-state index is 0.0513. The van der Waals surface area contributed by atoms with E-state index in [9.17, 15) is 29.3 Å². The summed E-state index contributed by atoms with van der Waals surface area (Å²) in [6.45, 7) is -0.715. The van der Waals surface area contributed by atoms with Crippen LogP contribution < -0.4 is 15.0 Å². The van der Waals surface area contributed by atoms with Crippen LogP contribution >= 0.6 is 0 Å². The molecule has 0 unspecified atom stereocenters. The maximum Gasteiger partial charge on any atom is 0.338 e. The zero-order valence-electron chi connectivity index (χ0n) is 22.6. The van der Waals surface area contributed by atoms with Crippen LogP contribution in [0.5, 0.6) is 5.75 Å². The molecule has 214 valence electrons. The molecule has 42 heavy (non-hydrogen) atoms. The standard InChI is InChI=1S/C31H27N3O8/c1-41-21-10-11-25(34(39)40)24(15-21)32-26(35)16-42-31(38)18-8-5-9-20(12-18)33-29(36)27-19-13-22(17-6-3-2-4-7-17)23(14-19)28(27)30(33)37/h2-12,15,19,22-23,27-28H,13-14,16H2,1H3,(H,32,35)/t19-,22+,23+,27+,28-/m0/s1. The van der Waals surface area contributed by atoms with Crippen LogP contribution in [0, 0.1) is 33.8 Å². The summed E-state index contributed by atoms with van der Waals surface area (Å²) in [7, 11) is 1.38. The maximum atomic E-state index is 13.6. The molecule has 1 heterocycles. The average Bonchev–Trinajstić information content (AvgIpc) is 3.67. The Morgan fingerprint density at radius 1 is 0.976 bits per heavy atom. The van der Waals surface area contributed by atoms with E-state index < -0.39 is 23.4 Å². The molecule has 1 saturated heterocycles. The number of nitro groups is 1. The molecule has 2 saturated carbocycles. The molecule has 3 aromatic rings. The molecule has 3 aliphatic rings. The van der Waals surface area contributed by atoms with Crippen LogP contribution in [0.4, 0.5) is 17.1 Å². The van der Waals surface area contributed by atoms with Gasteiger partial charge in [-0.05, 0) is 60.4 Å². The molecule has 11 heteroatoms. The fraction of sp³-hybridized carbons (Fsp3) is 0.290. The Kier molecular flexibility index (Phi) is 6.93. The van der Waals surface area contributed by atoms with Crippen molar-refractivity contribution >= 4 is 40.8 Å². The number of anilines is 2. The van der Waals surface area contributed by atoms with E-state index in [2.05, 4.69) is 17.4 Å². The number of nitrogens with one attached hydrogen (secondary N) is 1. The normalized spacial score (nSPS) is 23.9. The molecule has 0 aromatic heterocycles. The third-order valence-electron chi connectivity index (χ3n) is 8.59. The molecule has 0 spiro atoms. The van der Waals surface area contributed by atoms with Gasteiger partial charge in [-0.25, -0.2) is 4.79 Å². The number of rotatable bonds is 8. The van der Waals surface area contributed by atoms with Gasteiger partial charge in [0.25, 0.3) is 11.6 Å². The molecular formula is C31H27N3O8. The van der Waals surface area contributed by atoms with Crippen molar-refractivity contribution in [3.05, 3.63) is 94.0 Å². The van der Waals surface area contributed by atoms with Crippen molar-refractivity contribution in [1.82, 2.24) is 0 Å². The summed E-state index contributed by atoms with van der Waals surface area (Å²) in [4.78, 5) is 64.2. The lowest BCUT2D eigenvalue weighted by molar-refractivity contribution is -0.383. The number of methoxy groups -OCH3 is 1. The van der Waals surface area contributed by atoms with Gasteiger partial charge in [0.05, 0.1) is 35.1 Å². The Morgan fingerprint density at radius 3 is 2.48 bits per heavy atom. The number of ether oxygens (including phenoxy) is 2. The zero-order valence-corrected chi connectivity index (χ0v) is 22.6. The molecule has 0 radical (unpaired) electrons. The summed E-state index contributed by atoms with van der Waals surface area (Å²) in [5, 5.41) is 13.7. The summed E-state index contributed by atoms with van der Waals surface area (Å²) in [5.74, 6) is -2.12. The number of benzene rings is 3. The highest BCUT2D eigenvalue weighted by Crippen LogP contribution is 2.61. The molecule has 1 N–H and O–H groups in total. The summed E-state index contributed by atoms with van der Waals surface area (Å²) in [6, 6.07) is 20.0. The van der Waals surface area contributed by atoms with E-state index in [1.165, 1.54) is 47.9 Å². The number of carbonyl (C=O) groups is 4. The number of amides is 3. The number of hydrogen-bond donors (Lipinski definition) is 1. The molecule has 11 nitrogen and oxygen atoms in total. The number of nitrogens with zero attached hydrogens (tertiary/aromatic N) is 2. The lowest BCUT2D eigenvalue weighted by Crippen LogP contribution is -2.33. The maximum absolute atomic E-state index is 13.6. The average molecular weight is 570 g/mol. The number of fused-ring (bicyclic) bond motifs is 5. The van der Waals surface area contributed by atoms with Gasteiger partial charge in [-0.3, -0.25) is 29.4 Å². The SMILES string of the molecule is COc1ccc([N+](=O)[O-])c(NC(=O)COC(=O)c2cccc(N3C(=O)[C@@H]4[C@@H]5C[C@@H]([C@@H]4C3=O)[C@@H](c3ccccc3)C5)c2)c1. The van der Waals surface area contributed by atoms with Crippen LogP contribution in [0.2, 0.25) is 0 Å². The summed E-state index contributed by atoms with van der Waals surface area (Å²) in [5.41, 5.74) is 1.06. The van der Waals surface area contributed by atoms with E-state index >= 15 is 0 Å². The van der Waals surface area contributed by atoms with Gasteiger partial charge in [0, 0.05) is 12.1 Å². The molecule has 6 rings (SSSR count). The molecule has 5 atom stereocenters. The second kappa shape index (κ2) is 10.7. The number of esters is 1. The van der Waals surface area contributed by atoms with Gasteiger partial charge in [0.2, 0.25) is 11.8 Å². The monoisotopic (exact) mass is 569 g/mol. The number of carbonyl (C=O) groups excluding carboxylic acids is 4. The van der Waals surface area contributed by atoms with Crippen LogP contribution in [0.25, 0.3) is 0 Å².